The van der Waals surface area contributed by atoms with Gasteiger partial charge in [0.15, 0.2) is 0 Å². The predicted molar refractivity (Wildman–Crippen MR) is 235 cm³/mol. The molecule has 4 aliphatic heterocycles. The van der Waals surface area contributed by atoms with Crippen molar-refractivity contribution in [2.75, 3.05) is 62.8 Å². The molecule has 2 amide bonds. The van der Waals surface area contributed by atoms with Crippen LogP contribution in [0.15, 0.2) is 0 Å². The topological polar surface area (TPSA) is 148 Å². The van der Waals surface area contributed by atoms with E-state index in [2.05, 4.69) is 12.1 Å². The third kappa shape index (κ3) is 10.5. The summed E-state index contributed by atoms with van der Waals surface area (Å²) >= 11 is 0. The number of amides is 2. The number of hydrogen-bond donors (Lipinski definition) is 0. The average Bonchev–Trinajstić information content (AvgIpc) is 4.12. The van der Waals surface area contributed by atoms with Crippen LogP contribution in [0.3, 0.4) is 0 Å². The Hall–Kier alpha value is -4.58. The van der Waals surface area contributed by atoms with Crippen molar-refractivity contribution in [1.29, 1.82) is 10.5 Å². The number of anilines is 2. The van der Waals surface area contributed by atoms with Gasteiger partial charge < -0.3 is 33.8 Å². The molecule has 0 bridgehead atoms. The normalized spacial score (nSPS) is 23.3. The molecule has 5 fully saturated rings. The number of carbonyl (C=O) groups is 2. The van der Waals surface area contributed by atoms with E-state index in [-0.39, 0.29) is 62.5 Å². The summed E-state index contributed by atoms with van der Waals surface area (Å²) in [7, 11) is 1.48. The standard InChI is InChI=1S/C23H30F2N4O3.C23H28F2N4O2.C2H6/c1-23(2)10-15-16(11-26)22(27-20(14-4-5-14)17(15)13-32-23)28-7-8-29(18(12-28)21(24)25)19(30)6-9-31-3;1-23(2)9-15-16(10-26)21(27-19(13-3-4-13)17(15)12-31-23)28-7-8-29(18(11-28)20(24)25)22(30)14-5-6-14;1-2/h14,18,21H,4-10,12-13H2,1-3H3;13-14,18,20H,3-9,11-12H2,1-2H3;1-2H3. The minimum absolute atomic E-state index is 0.000588. The van der Waals surface area contributed by atoms with Crippen molar-refractivity contribution in [2.24, 2.45) is 5.92 Å². The van der Waals surface area contributed by atoms with Crippen LogP contribution in [0.2, 0.25) is 0 Å². The van der Waals surface area contributed by atoms with Gasteiger partial charge in [0.2, 0.25) is 11.8 Å². The van der Waals surface area contributed by atoms with Crippen LogP contribution < -0.4 is 9.80 Å². The van der Waals surface area contributed by atoms with Gasteiger partial charge in [-0.1, -0.05) is 13.8 Å². The number of hydrogen-bond acceptors (Lipinski definition) is 11. The van der Waals surface area contributed by atoms with Gasteiger partial charge in [0.05, 0.1) is 60.0 Å². The fraction of sp³-hybridized carbons (Fsp3) is 0.708. The highest BCUT2D eigenvalue weighted by Gasteiger charge is 2.45. The first kappa shape index (κ1) is 48.4. The number of rotatable bonds is 10. The maximum atomic E-state index is 14.0. The SMILES string of the molecule is CC.CC1(C)Cc2c(C#N)c(N3CCN(C(=O)C4CC4)C(C(F)F)C3)nc(C3CC3)c2CO1.COCCC(=O)N1CCN(c2nc(C3CC3)c3c(c2C#N)CC(C)(C)OC3)CC1C(F)F. The van der Waals surface area contributed by atoms with Gasteiger partial charge in [0.25, 0.3) is 12.9 Å². The zero-order valence-electron chi connectivity index (χ0n) is 38.9. The van der Waals surface area contributed by atoms with Crippen LogP contribution in [0.25, 0.3) is 0 Å². The molecule has 65 heavy (non-hydrogen) atoms. The van der Waals surface area contributed by atoms with Crippen molar-refractivity contribution in [3.05, 3.63) is 44.8 Å². The minimum Gasteiger partial charge on any atom is -0.384 e. The largest absolute Gasteiger partial charge is 0.384 e. The lowest BCUT2D eigenvalue weighted by Gasteiger charge is -2.42. The van der Waals surface area contributed by atoms with E-state index in [0.717, 1.165) is 72.2 Å². The molecule has 0 spiro atoms. The van der Waals surface area contributed by atoms with Crippen LogP contribution in [-0.4, -0.2) is 121 Å². The summed E-state index contributed by atoms with van der Waals surface area (Å²) in [5.74, 6) is 1.09. The Morgan fingerprint density at radius 1 is 0.708 bits per heavy atom. The molecule has 17 heteroatoms. The Morgan fingerprint density at radius 3 is 1.52 bits per heavy atom. The molecular weight excluding hydrogens is 845 g/mol. The van der Waals surface area contributed by atoms with Crippen molar-refractivity contribution in [3.63, 3.8) is 0 Å². The molecule has 0 aromatic carbocycles. The lowest BCUT2D eigenvalue weighted by atomic mass is 9.87. The van der Waals surface area contributed by atoms with Gasteiger partial charge in [0.1, 0.15) is 35.9 Å². The fourth-order valence-electron chi connectivity index (χ4n) is 9.56. The molecular formula is C48H64F4N8O5. The highest BCUT2D eigenvalue weighted by Crippen LogP contribution is 2.47. The first-order valence-electron chi connectivity index (χ1n) is 23.4. The highest BCUT2D eigenvalue weighted by molar-refractivity contribution is 5.82. The third-order valence-corrected chi connectivity index (χ3v) is 13.5. The van der Waals surface area contributed by atoms with E-state index in [0.29, 0.717) is 73.7 Å². The van der Waals surface area contributed by atoms with Gasteiger partial charge in [0, 0.05) is 88.1 Å². The van der Waals surface area contributed by atoms with Gasteiger partial charge in [-0.15, -0.1) is 0 Å². The Kier molecular flexibility index (Phi) is 14.7. The van der Waals surface area contributed by atoms with E-state index in [4.69, 9.17) is 24.2 Å². The van der Waals surface area contributed by atoms with E-state index in [9.17, 15) is 37.7 Å². The molecule has 9 rings (SSSR count). The minimum atomic E-state index is -2.69. The molecule has 354 valence electrons. The van der Waals surface area contributed by atoms with Crippen molar-refractivity contribution in [3.8, 4) is 12.1 Å². The van der Waals surface area contributed by atoms with Crippen molar-refractivity contribution >= 4 is 23.5 Å². The van der Waals surface area contributed by atoms with E-state index in [1.54, 1.807) is 9.80 Å². The van der Waals surface area contributed by atoms with Gasteiger partial charge >= 0.3 is 0 Å². The molecule has 3 aliphatic carbocycles. The summed E-state index contributed by atoms with van der Waals surface area (Å²) in [5.41, 5.74) is 5.93. The fourth-order valence-corrected chi connectivity index (χ4v) is 9.56. The Balaban J connectivity index is 0.000000187. The summed E-state index contributed by atoms with van der Waals surface area (Å²) in [4.78, 5) is 40.9. The number of halogens is 4. The summed E-state index contributed by atoms with van der Waals surface area (Å²) in [6.07, 6.45) is 1.69. The number of aromatic nitrogens is 2. The van der Waals surface area contributed by atoms with Crippen LogP contribution in [0.1, 0.15) is 143 Å². The molecule has 0 N–H and O–H groups in total. The average molecular weight is 909 g/mol. The summed E-state index contributed by atoms with van der Waals surface area (Å²) in [6, 6.07) is 2.21. The maximum absolute atomic E-state index is 14.0. The van der Waals surface area contributed by atoms with Crippen LogP contribution in [0, 0.1) is 28.6 Å². The number of pyridine rings is 2. The number of nitrogens with zero attached hydrogens (tertiary/aromatic N) is 8. The van der Waals surface area contributed by atoms with Gasteiger partial charge in [-0.05, 0) is 77.3 Å². The molecule has 2 aromatic rings. The number of methoxy groups -OCH3 is 1. The van der Waals surface area contributed by atoms with Crippen molar-refractivity contribution < 1.29 is 41.4 Å². The van der Waals surface area contributed by atoms with Crippen LogP contribution >= 0.6 is 0 Å². The van der Waals surface area contributed by atoms with Gasteiger partial charge in [-0.25, -0.2) is 27.5 Å². The zero-order chi connectivity index (χ0) is 47.0. The first-order chi connectivity index (χ1) is 31.0. The predicted octanol–water partition coefficient (Wildman–Crippen LogP) is 7.40. The monoisotopic (exact) mass is 908 g/mol. The van der Waals surface area contributed by atoms with Crippen LogP contribution in [-0.2, 0) is 49.9 Å². The van der Waals surface area contributed by atoms with Crippen molar-refractivity contribution in [2.45, 2.75) is 161 Å². The first-order valence-corrected chi connectivity index (χ1v) is 23.4. The van der Waals surface area contributed by atoms with Crippen LogP contribution in [0.4, 0.5) is 29.2 Å². The number of piperazine rings is 2. The number of nitriles is 2. The quantitative estimate of drug-likeness (QED) is 0.220. The van der Waals surface area contributed by atoms with E-state index in [1.165, 1.54) is 16.9 Å². The summed E-state index contributed by atoms with van der Waals surface area (Å²) in [6.45, 7) is 14.1. The van der Waals surface area contributed by atoms with Gasteiger partial charge in [-0.3, -0.25) is 9.59 Å². The second-order valence-electron chi connectivity index (χ2n) is 19.4. The molecule has 2 atom stereocenters. The van der Waals surface area contributed by atoms with E-state index >= 15 is 0 Å². The maximum Gasteiger partial charge on any atom is 0.260 e. The summed E-state index contributed by atoms with van der Waals surface area (Å²) < 4.78 is 72.8. The molecule has 7 aliphatic rings. The molecule has 2 saturated heterocycles. The third-order valence-electron chi connectivity index (χ3n) is 13.5. The second kappa shape index (κ2) is 19.7. The Morgan fingerprint density at radius 2 is 1.14 bits per heavy atom. The number of carbonyl (C=O) groups excluding carboxylic acids is 2. The molecule has 6 heterocycles. The zero-order valence-corrected chi connectivity index (χ0v) is 38.9. The summed E-state index contributed by atoms with van der Waals surface area (Å²) in [5, 5.41) is 20.1. The Labute approximate surface area is 380 Å². The molecule has 13 nitrogen and oxygen atoms in total. The van der Waals surface area contributed by atoms with Gasteiger partial charge in [-0.2, -0.15) is 10.5 Å². The lowest BCUT2D eigenvalue weighted by molar-refractivity contribution is -0.139. The van der Waals surface area contributed by atoms with Crippen molar-refractivity contribution in [1.82, 2.24) is 19.8 Å². The Bertz CT molecular complexity index is 2180. The molecule has 0 radical (unpaired) electrons. The highest BCUT2D eigenvalue weighted by atomic mass is 19.3. The molecule has 2 aromatic heterocycles. The van der Waals surface area contributed by atoms with Crippen LogP contribution in [0.5, 0.6) is 0 Å². The number of fused-ring (bicyclic) bond motifs is 2. The second-order valence-corrected chi connectivity index (χ2v) is 19.4. The smallest absolute Gasteiger partial charge is 0.260 e. The van der Waals surface area contributed by atoms with E-state index < -0.39 is 30.5 Å². The lowest BCUT2D eigenvalue weighted by Crippen LogP contribution is -2.58. The van der Waals surface area contributed by atoms with E-state index in [1.807, 2.05) is 41.5 Å². The molecule has 2 unspecified atom stereocenters. The number of alkyl halides is 4. The molecule has 3 saturated carbocycles. The number of ether oxygens (including phenoxy) is 3.